The Morgan fingerprint density at radius 1 is 1.33 bits per heavy atom. The third-order valence-corrected chi connectivity index (χ3v) is 3.47. The number of hydrogen-bond donors (Lipinski definition) is 1. The van der Waals surface area contributed by atoms with Crippen LogP contribution in [0.5, 0.6) is 5.75 Å². The van der Waals surface area contributed by atoms with Gasteiger partial charge in [-0.2, -0.15) is 5.10 Å². The quantitative estimate of drug-likeness (QED) is 0.792. The van der Waals surface area contributed by atoms with Crippen LogP contribution in [0.1, 0.15) is 44.4 Å². The molecule has 0 spiro atoms. The van der Waals surface area contributed by atoms with Crippen LogP contribution >= 0.6 is 0 Å². The van der Waals surface area contributed by atoms with E-state index in [-0.39, 0.29) is 0 Å². The molecule has 4 nitrogen and oxygen atoms in total. The van der Waals surface area contributed by atoms with E-state index in [1.165, 1.54) is 11.3 Å². The van der Waals surface area contributed by atoms with E-state index in [0.29, 0.717) is 5.92 Å². The molecule has 4 heteroatoms. The third kappa shape index (κ3) is 3.64. The Morgan fingerprint density at radius 3 is 2.81 bits per heavy atom. The summed E-state index contributed by atoms with van der Waals surface area (Å²) in [7, 11) is 1.69. The molecule has 21 heavy (non-hydrogen) atoms. The topological polar surface area (TPSA) is 39.1 Å². The summed E-state index contributed by atoms with van der Waals surface area (Å²) in [5.74, 6) is 1.26. The van der Waals surface area contributed by atoms with Crippen molar-refractivity contribution < 1.29 is 4.74 Å². The lowest BCUT2D eigenvalue weighted by molar-refractivity contribution is 0.414. The molecule has 0 aliphatic heterocycles. The zero-order chi connectivity index (χ0) is 15.2. The molecular formula is C17H25N3O. The van der Waals surface area contributed by atoms with Crippen LogP contribution in [0, 0.1) is 0 Å². The van der Waals surface area contributed by atoms with E-state index in [0.717, 1.165) is 30.9 Å². The van der Waals surface area contributed by atoms with Crippen molar-refractivity contribution in [3.63, 3.8) is 0 Å². The molecule has 0 radical (unpaired) electrons. The number of aromatic nitrogens is 2. The highest BCUT2D eigenvalue weighted by Gasteiger charge is 2.15. The summed E-state index contributed by atoms with van der Waals surface area (Å²) < 4.78 is 7.33. The summed E-state index contributed by atoms with van der Waals surface area (Å²) in [5.41, 5.74) is 3.56. The molecule has 1 aromatic heterocycles. The number of methoxy groups -OCH3 is 1. The molecule has 0 aliphatic rings. The number of rotatable bonds is 7. The second kappa shape index (κ2) is 7.27. The minimum absolute atomic E-state index is 0.414. The zero-order valence-electron chi connectivity index (χ0n) is 13.4. The van der Waals surface area contributed by atoms with Crippen LogP contribution in [-0.2, 0) is 6.54 Å². The molecule has 2 rings (SSSR count). The Kier molecular flexibility index (Phi) is 5.39. The first-order valence-corrected chi connectivity index (χ1v) is 7.59. The van der Waals surface area contributed by atoms with Gasteiger partial charge in [-0.05, 0) is 31.0 Å². The van der Waals surface area contributed by atoms with Gasteiger partial charge in [0, 0.05) is 18.2 Å². The standard InChI is InChI=1S/C17H25N3O/c1-5-9-18-11-14-12-19-20(17(14)13(2)3)15-7-6-8-16(10-15)21-4/h6-8,10,12-13,18H,5,9,11H2,1-4H3. The lowest BCUT2D eigenvalue weighted by Crippen LogP contribution is -2.15. The fourth-order valence-corrected chi connectivity index (χ4v) is 2.49. The molecule has 0 atom stereocenters. The maximum Gasteiger partial charge on any atom is 0.121 e. The van der Waals surface area contributed by atoms with Crippen LogP contribution in [0.25, 0.3) is 5.69 Å². The van der Waals surface area contributed by atoms with Gasteiger partial charge in [0.1, 0.15) is 5.75 Å². The predicted molar refractivity (Wildman–Crippen MR) is 86.2 cm³/mol. The van der Waals surface area contributed by atoms with Gasteiger partial charge >= 0.3 is 0 Å². The van der Waals surface area contributed by atoms with E-state index in [4.69, 9.17) is 4.74 Å². The van der Waals surface area contributed by atoms with Gasteiger partial charge < -0.3 is 10.1 Å². The van der Waals surface area contributed by atoms with Gasteiger partial charge in [0.05, 0.1) is 24.7 Å². The molecule has 1 N–H and O–H groups in total. The Morgan fingerprint density at radius 2 is 2.14 bits per heavy atom. The zero-order valence-corrected chi connectivity index (χ0v) is 13.4. The van der Waals surface area contributed by atoms with Crippen molar-refractivity contribution in [2.24, 2.45) is 0 Å². The molecule has 2 aromatic rings. The Hall–Kier alpha value is -1.81. The monoisotopic (exact) mass is 287 g/mol. The van der Waals surface area contributed by atoms with Gasteiger partial charge in [-0.1, -0.05) is 26.8 Å². The van der Waals surface area contributed by atoms with Crippen LogP contribution in [-0.4, -0.2) is 23.4 Å². The molecule has 0 bridgehead atoms. The van der Waals surface area contributed by atoms with E-state index in [1.54, 1.807) is 7.11 Å². The van der Waals surface area contributed by atoms with Crippen molar-refractivity contribution in [2.75, 3.05) is 13.7 Å². The van der Waals surface area contributed by atoms with Gasteiger partial charge in [-0.15, -0.1) is 0 Å². The molecule has 1 aromatic carbocycles. The maximum atomic E-state index is 5.31. The van der Waals surface area contributed by atoms with Crippen molar-refractivity contribution in [1.29, 1.82) is 0 Å². The largest absolute Gasteiger partial charge is 0.497 e. The minimum atomic E-state index is 0.414. The average molecular weight is 287 g/mol. The van der Waals surface area contributed by atoms with E-state index in [9.17, 15) is 0 Å². The molecule has 0 unspecified atom stereocenters. The third-order valence-electron chi connectivity index (χ3n) is 3.47. The van der Waals surface area contributed by atoms with E-state index >= 15 is 0 Å². The lowest BCUT2D eigenvalue weighted by atomic mass is 10.1. The van der Waals surface area contributed by atoms with Crippen LogP contribution in [0.4, 0.5) is 0 Å². The van der Waals surface area contributed by atoms with E-state index < -0.39 is 0 Å². The van der Waals surface area contributed by atoms with Gasteiger partial charge in [0.2, 0.25) is 0 Å². The fourth-order valence-electron chi connectivity index (χ4n) is 2.49. The summed E-state index contributed by atoms with van der Waals surface area (Å²) in [4.78, 5) is 0. The Bertz CT molecular complexity index is 575. The fraction of sp³-hybridized carbons (Fsp3) is 0.471. The number of ether oxygens (including phenoxy) is 1. The summed E-state index contributed by atoms with van der Waals surface area (Å²) in [6, 6.07) is 8.02. The highest BCUT2D eigenvalue weighted by atomic mass is 16.5. The van der Waals surface area contributed by atoms with Crippen LogP contribution < -0.4 is 10.1 Å². The van der Waals surface area contributed by atoms with Crippen LogP contribution in [0.3, 0.4) is 0 Å². The summed E-state index contributed by atoms with van der Waals surface area (Å²) in [6.07, 6.45) is 3.11. The first kappa shape index (κ1) is 15.6. The molecule has 0 saturated heterocycles. The van der Waals surface area contributed by atoms with Gasteiger partial charge in [-0.3, -0.25) is 0 Å². The summed E-state index contributed by atoms with van der Waals surface area (Å²) in [6.45, 7) is 8.48. The van der Waals surface area contributed by atoms with E-state index in [1.807, 2.05) is 29.1 Å². The number of hydrogen-bond acceptors (Lipinski definition) is 3. The first-order chi connectivity index (χ1) is 10.2. The molecule has 114 valence electrons. The van der Waals surface area contributed by atoms with Gasteiger partial charge in [0.15, 0.2) is 0 Å². The highest BCUT2D eigenvalue weighted by molar-refractivity contribution is 5.41. The second-order valence-electron chi connectivity index (χ2n) is 5.50. The van der Waals surface area contributed by atoms with Gasteiger partial charge in [0.25, 0.3) is 0 Å². The lowest BCUT2D eigenvalue weighted by Gasteiger charge is -2.14. The van der Waals surface area contributed by atoms with Crippen molar-refractivity contribution in [2.45, 2.75) is 39.7 Å². The van der Waals surface area contributed by atoms with Crippen LogP contribution in [0.15, 0.2) is 30.5 Å². The van der Waals surface area contributed by atoms with Crippen LogP contribution in [0.2, 0.25) is 0 Å². The smallest absolute Gasteiger partial charge is 0.121 e. The molecule has 0 fully saturated rings. The molecule has 1 heterocycles. The molecule has 0 aliphatic carbocycles. The number of nitrogens with one attached hydrogen (secondary N) is 1. The first-order valence-electron chi connectivity index (χ1n) is 7.59. The molecule has 0 saturated carbocycles. The Balaban J connectivity index is 2.34. The highest BCUT2D eigenvalue weighted by Crippen LogP contribution is 2.24. The Labute approximate surface area is 127 Å². The summed E-state index contributed by atoms with van der Waals surface area (Å²) >= 11 is 0. The molecule has 0 amide bonds. The number of benzene rings is 1. The van der Waals surface area contributed by atoms with Crippen molar-refractivity contribution in [3.05, 3.63) is 41.7 Å². The van der Waals surface area contributed by atoms with E-state index in [2.05, 4.69) is 37.3 Å². The maximum absolute atomic E-state index is 5.31. The van der Waals surface area contributed by atoms with Crippen molar-refractivity contribution in [3.8, 4) is 11.4 Å². The van der Waals surface area contributed by atoms with Crippen molar-refractivity contribution >= 4 is 0 Å². The number of nitrogens with zero attached hydrogens (tertiary/aromatic N) is 2. The average Bonchev–Trinajstić information content (AvgIpc) is 2.92. The second-order valence-corrected chi connectivity index (χ2v) is 5.50. The predicted octanol–water partition coefficient (Wildman–Crippen LogP) is 3.50. The normalized spacial score (nSPS) is 11.1. The minimum Gasteiger partial charge on any atom is -0.497 e. The summed E-state index contributed by atoms with van der Waals surface area (Å²) in [5, 5.41) is 8.04. The SMILES string of the molecule is CCCNCc1cnn(-c2cccc(OC)c2)c1C(C)C. The van der Waals surface area contributed by atoms with Gasteiger partial charge in [-0.25, -0.2) is 4.68 Å². The van der Waals surface area contributed by atoms with Crippen molar-refractivity contribution in [1.82, 2.24) is 15.1 Å². The molecular weight excluding hydrogens is 262 g/mol.